The van der Waals surface area contributed by atoms with Crippen molar-refractivity contribution in [2.24, 2.45) is 0 Å². The van der Waals surface area contributed by atoms with Gasteiger partial charge in [0.1, 0.15) is 11.6 Å². The van der Waals surface area contributed by atoms with Crippen molar-refractivity contribution in [3.63, 3.8) is 0 Å². The zero-order valence-electron chi connectivity index (χ0n) is 12.6. The zero-order chi connectivity index (χ0) is 16.2. The molecule has 0 spiro atoms. The lowest BCUT2D eigenvalue weighted by molar-refractivity contribution is 0.0600. The molecule has 5 nitrogen and oxygen atoms in total. The number of nitrogens with zero attached hydrogens (tertiary/aromatic N) is 2. The third-order valence-electron chi connectivity index (χ3n) is 3.57. The SMILES string of the molecule is COC(=O)c1ccc(Cn2ccnc2-c2ccc(O)cc2)cc1. The molecule has 0 aliphatic carbocycles. The summed E-state index contributed by atoms with van der Waals surface area (Å²) in [6.45, 7) is 0.637. The molecule has 1 heterocycles. The first-order valence-corrected chi connectivity index (χ1v) is 7.15. The Balaban J connectivity index is 1.83. The van der Waals surface area contributed by atoms with Crippen molar-refractivity contribution in [3.05, 3.63) is 72.1 Å². The molecular weight excluding hydrogens is 292 g/mol. The van der Waals surface area contributed by atoms with Crippen LogP contribution in [0.4, 0.5) is 0 Å². The van der Waals surface area contributed by atoms with E-state index in [-0.39, 0.29) is 11.7 Å². The van der Waals surface area contributed by atoms with Crippen molar-refractivity contribution in [1.82, 2.24) is 9.55 Å². The van der Waals surface area contributed by atoms with E-state index in [0.717, 1.165) is 17.0 Å². The summed E-state index contributed by atoms with van der Waals surface area (Å²) < 4.78 is 6.71. The van der Waals surface area contributed by atoms with Crippen LogP contribution in [0.1, 0.15) is 15.9 Å². The third-order valence-corrected chi connectivity index (χ3v) is 3.57. The minimum atomic E-state index is -0.344. The van der Waals surface area contributed by atoms with E-state index in [9.17, 15) is 9.90 Å². The number of aromatic hydroxyl groups is 1. The molecule has 0 bridgehead atoms. The molecule has 3 aromatic rings. The molecule has 1 aromatic heterocycles. The monoisotopic (exact) mass is 308 g/mol. The van der Waals surface area contributed by atoms with Crippen molar-refractivity contribution in [2.45, 2.75) is 6.54 Å². The number of phenols is 1. The highest BCUT2D eigenvalue weighted by atomic mass is 16.5. The van der Waals surface area contributed by atoms with Crippen molar-refractivity contribution in [1.29, 1.82) is 0 Å². The maximum absolute atomic E-state index is 11.5. The fraction of sp³-hybridized carbons (Fsp3) is 0.111. The topological polar surface area (TPSA) is 64.4 Å². The molecule has 0 fully saturated rings. The number of esters is 1. The summed E-state index contributed by atoms with van der Waals surface area (Å²) in [6, 6.07) is 14.2. The van der Waals surface area contributed by atoms with Crippen molar-refractivity contribution >= 4 is 5.97 Å². The standard InChI is InChI=1S/C18H16N2O3/c1-23-18(22)15-4-2-13(3-5-15)12-20-11-10-19-17(20)14-6-8-16(21)9-7-14/h2-11,21H,12H2,1H3. The van der Waals surface area contributed by atoms with Gasteiger partial charge in [0.05, 0.1) is 12.7 Å². The van der Waals surface area contributed by atoms with Crippen LogP contribution in [0.2, 0.25) is 0 Å². The summed E-state index contributed by atoms with van der Waals surface area (Å²) in [7, 11) is 1.37. The number of rotatable bonds is 4. The Morgan fingerprint density at radius 2 is 1.83 bits per heavy atom. The molecule has 0 atom stereocenters. The molecule has 0 amide bonds. The Morgan fingerprint density at radius 3 is 2.48 bits per heavy atom. The average molecular weight is 308 g/mol. The molecule has 0 saturated carbocycles. The van der Waals surface area contributed by atoms with Gasteiger partial charge < -0.3 is 14.4 Å². The van der Waals surface area contributed by atoms with Gasteiger partial charge >= 0.3 is 5.97 Å². The molecule has 3 rings (SSSR count). The molecule has 1 N–H and O–H groups in total. The van der Waals surface area contributed by atoms with Gasteiger partial charge in [-0.3, -0.25) is 0 Å². The molecule has 0 unspecified atom stereocenters. The first-order valence-electron chi connectivity index (χ1n) is 7.15. The molecule has 5 heteroatoms. The number of carbonyl (C=O) groups is 1. The minimum absolute atomic E-state index is 0.227. The maximum Gasteiger partial charge on any atom is 0.337 e. The van der Waals surface area contributed by atoms with E-state index < -0.39 is 0 Å². The van der Waals surface area contributed by atoms with E-state index in [4.69, 9.17) is 4.74 Å². The van der Waals surface area contributed by atoms with Gasteiger partial charge in [-0.2, -0.15) is 0 Å². The van der Waals surface area contributed by atoms with Gasteiger partial charge in [-0.1, -0.05) is 12.1 Å². The number of imidazole rings is 1. The summed E-state index contributed by atoms with van der Waals surface area (Å²) in [6.07, 6.45) is 3.64. The quantitative estimate of drug-likeness (QED) is 0.752. The van der Waals surface area contributed by atoms with Crippen molar-refractivity contribution < 1.29 is 14.6 Å². The van der Waals surface area contributed by atoms with Crippen LogP contribution in [0.15, 0.2) is 60.9 Å². The lowest BCUT2D eigenvalue weighted by Crippen LogP contribution is -2.03. The summed E-state index contributed by atoms with van der Waals surface area (Å²) in [4.78, 5) is 15.8. The van der Waals surface area contributed by atoms with Gasteiger partial charge in [0.15, 0.2) is 0 Å². The highest BCUT2D eigenvalue weighted by molar-refractivity contribution is 5.89. The van der Waals surface area contributed by atoms with Crippen LogP contribution in [0, 0.1) is 0 Å². The fourth-order valence-electron chi connectivity index (χ4n) is 2.37. The normalized spacial score (nSPS) is 10.5. The summed E-state index contributed by atoms with van der Waals surface area (Å²) in [5.74, 6) is 0.705. The molecular formula is C18H16N2O3. The molecule has 2 aromatic carbocycles. The third kappa shape index (κ3) is 3.23. The number of aromatic nitrogens is 2. The van der Waals surface area contributed by atoms with Crippen LogP contribution >= 0.6 is 0 Å². The molecule has 0 radical (unpaired) electrons. The second kappa shape index (κ2) is 6.36. The molecule has 0 saturated heterocycles. The van der Waals surface area contributed by atoms with Gasteiger partial charge in [0, 0.05) is 24.5 Å². The Hall–Kier alpha value is -3.08. The zero-order valence-corrected chi connectivity index (χ0v) is 12.6. The number of methoxy groups -OCH3 is 1. The van der Waals surface area contributed by atoms with Gasteiger partial charge in [-0.15, -0.1) is 0 Å². The molecule has 23 heavy (non-hydrogen) atoms. The molecule has 0 aliphatic rings. The molecule has 0 aliphatic heterocycles. The smallest absolute Gasteiger partial charge is 0.337 e. The van der Waals surface area contributed by atoms with Crippen LogP contribution in [0.5, 0.6) is 5.75 Å². The number of benzene rings is 2. The number of hydrogen-bond donors (Lipinski definition) is 1. The van der Waals surface area contributed by atoms with Gasteiger partial charge in [-0.05, 0) is 42.0 Å². The van der Waals surface area contributed by atoms with Gasteiger partial charge in [0.25, 0.3) is 0 Å². The number of phenolic OH excluding ortho intramolecular Hbond substituents is 1. The predicted octanol–water partition coefficient (Wildman–Crippen LogP) is 3.09. The number of ether oxygens (including phenoxy) is 1. The van der Waals surface area contributed by atoms with Crippen LogP contribution in [0.3, 0.4) is 0 Å². The fourth-order valence-corrected chi connectivity index (χ4v) is 2.37. The van der Waals surface area contributed by atoms with Gasteiger partial charge in [0.2, 0.25) is 0 Å². The van der Waals surface area contributed by atoms with E-state index >= 15 is 0 Å². The van der Waals surface area contributed by atoms with Crippen LogP contribution < -0.4 is 0 Å². The highest BCUT2D eigenvalue weighted by Gasteiger charge is 2.08. The van der Waals surface area contributed by atoms with Crippen LogP contribution in [-0.4, -0.2) is 27.7 Å². The van der Waals surface area contributed by atoms with E-state index in [1.807, 2.05) is 35.0 Å². The van der Waals surface area contributed by atoms with E-state index in [0.29, 0.717) is 12.1 Å². The highest BCUT2D eigenvalue weighted by Crippen LogP contribution is 2.21. The van der Waals surface area contributed by atoms with E-state index in [1.54, 1.807) is 30.5 Å². The number of hydrogen-bond acceptors (Lipinski definition) is 4. The van der Waals surface area contributed by atoms with Crippen molar-refractivity contribution in [2.75, 3.05) is 7.11 Å². The van der Waals surface area contributed by atoms with E-state index in [1.165, 1.54) is 7.11 Å². The van der Waals surface area contributed by atoms with Crippen LogP contribution in [0.25, 0.3) is 11.4 Å². The Labute approximate surface area is 133 Å². The van der Waals surface area contributed by atoms with Crippen LogP contribution in [-0.2, 0) is 11.3 Å². The summed E-state index contributed by atoms with van der Waals surface area (Å²) in [5.41, 5.74) is 2.51. The predicted molar refractivity (Wildman–Crippen MR) is 86.2 cm³/mol. The van der Waals surface area contributed by atoms with Gasteiger partial charge in [-0.25, -0.2) is 9.78 Å². The first-order chi connectivity index (χ1) is 11.2. The Kier molecular flexibility index (Phi) is 4.10. The Morgan fingerprint density at radius 1 is 1.13 bits per heavy atom. The molecule has 116 valence electrons. The van der Waals surface area contributed by atoms with Crippen molar-refractivity contribution in [3.8, 4) is 17.1 Å². The number of carbonyl (C=O) groups excluding carboxylic acids is 1. The summed E-state index contributed by atoms with van der Waals surface area (Å²) in [5, 5.41) is 9.38. The first kappa shape index (κ1) is 14.8. The minimum Gasteiger partial charge on any atom is -0.508 e. The second-order valence-electron chi connectivity index (χ2n) is 5.11. The second-order valence-corrected chi connectivity index (χ2v) is 5.11. The average Bonchev–Trinajstić information content (AvgIpc) is 3.03. The summed E-state index contributed by atoms with van der Waals surface area (Å²) >= 11 is 0. The maximum atomic E-state index is 11.5. The largest absolute Gasteiger partial charge is 0.508 e. The Bertz CT molecular complexity index is 805. The lowest BCUT2D eigenvalue weighted by Gasteiger charge is -2.09. The van der Waals surface area contributed by atoms with E-state index in [2.05, 4.69) is 4.98 Å². The lowest BCUT2D eigenvalue weighted by atomic mass is 10.1.